The van der Waals surface area contributed by atoms with E-state index in [0.717, 1.165) is 24.1 Å². The average Bonchev–Trinajstić information content (AvgIpc) is 3.08. The molecule has 2 amide bonds. The molecule has 0 bridgehead atoms. The summed E-state index contributed by atoms with van der Waals surface area (Å²) in [6.07, 6.45) is 8.56. The number of aromatic nitrogens is 4. The molecule has 0 saturated carbocycles. The van der Waals surface area contributed by atoms with Crippen molar-refractivity contribution in [1.82, 2.24) is 30.2 Å². The van der Waals surface area contributed by atoms with Crippen molar-refractivity contribution in [3.8, 4) is 11.5 Å². The molecule has 0 radical (unpaired) electrons. The summed E-state index contributed by atoms with van der Waals surface area (Å²) in [5.74, 6) is 0.227. The first kappa shape index (κ1) is 19.4. The van der Waals surface area contributed by atoms with Gasteiger partial charge in [-0.15, -0.1) is 0 Å². The zero-order chi connectivity index (χ0) is 20.6. The molecule has 0 spiro atoms. The lowest BCUT2D eigenvalue weighted by Crippen LogP contribution is -2.40. The highest BCUT2D eigenvalue weighted by molar-refractivity contribution is 5.89. The Hall–Kier alpha value is -2.90. The molecule has 8 heteroatoms. The molecule has 8 nitrogen and oxygen atoms in total. The van der Waals surface area contributed by atoms with Gasteiger partial charge >= 0.3 is 0 Å². The highest BCUT2D eigenvalue weighted by Gasteiger charge is 2.38. The Balaban J connectivity index is 1.58. The van der Waals surface area contributed by atoms with Crippen LogP contribution in [0.3, 0.4) is 0 Å². The number of rotatable bonds is 4. The van der Waals surface area contributed by atoms with Gasteiger partial charge in [-0.05, 0) is 25.2 Å². The second kappa shape index (κ2) is 7.50. The quantitative estimate of drug-likeness (QED) is 0.850. The van der Waals surface area contributed by atoms with Crippen molar-refractivity contribution in [2.24, 2.45) is 11.3 Å². The molecule has 4 rings (SSSR count). The van der Waals surface area contributed by atoms with Gasteiger partial charge in [0.15, 0.2) is 5.82 Å². The van der Waals surface area contributed by atoms with Crippen molar-refractivity contribution >= 4 is 11.8 Å². The fraction of sp³-hybridized carbons (Fsp3) is 0.524. The topological polar surface area (TPSA) is 101 Å². The number of fused-ring (bicyclic) bond motifs is 1. The summed E-state index contributed by atoms with van der Waals surface area (Å²) in [6.45, 7) is 7.42. The van der Waals surface area contributed by atoms with Crippen LogP contribution in [0, 0.1) is 11.3 Å². The molecule has 152 valence electrons. The van der Waals surface area contributed by atoms with Crippen LogP contribution in [0.15, 0.2) is 24.8 Å². The summed E-state index contributed by atoms with van der Waals surface area (Å²) < 4.78 is 0. The summed E-state index contributed by atoms with van der Waals surface area (Å²) in [6, 6.07) is -0.164. The molecule has 3 heterocycles. The van der Waals surface area contributed by atoms with Crippen LogP contribution < -0.4 is 5.32 Å². The zero-order valence-corrected chi connectivity index (χ0v) is 17.1. The molecule has 1 saturated heterocycles. The van der Waals surface area contributed by atoms with Crippen LogP contribution in [0.1, 0.15) is 50.9 Å². The monoisotopic (exact) mass is 394 g/mol. The van der Waals surface area contributed by atoms with Crippen molar-refractivity contribution in [2.45, 2.75) is 46.1 Å². The number of hydrogen-bond acceptors (Lipinski definition) is 6. The number of carbonyl (C=O) groups is 2. The van der Waals surface area contributed by atoms with E-state index in [9.17, 15) is 9.59 Å². The van der Waals surface area contributed by atoms with E-state index in [1.54, 1.807) is 29.7 Å². The van der Waals surface area contributed by atoms with Crippen LogP contribution in [0.25, 0.3) is 11.5 Å². The summed E-state index contributed by atoms with van der Waals surface area (Å²) in [5.41, 5.74) is 2.49. The summed E-state index contributed by atoms with van der Waals surface area (Å²) in [4.78, 5) is 44.2. The number of amides is 2. The number of nitrogens with one attached hydrogen (secondary N) is 1. The van der Waals surface area contributed by atoms with Gasteiger partial charge in [-0.25, -0.2) is 15.0 Å². The van der Waals surface area contributed by atoms with Gasteiger partial charge in [-0.3, -0.25) is 14.6 Å². The molecular formula is C21H26N6O2. The smallest absolute Gasteiger partial charge is 0.225 e. The molecule has 0 aromatic carbocycles. The van der Waals surface area contributed by atoms with Crippen molar-refractivity contribution in [3.63, 3.8) is 0 Å². The molecule has 1 N–H and O–H groups in total. The second-order valence-electron chi connectivity index (χ2n) is 8.63. The third-order valence-corrected chi connectivity index (χ3v) is 5.75. The SMILES string of the molecule is CCN1C[C@H](C(=O)N[C@@H]2CC(C)(C)Cc3nc(-c4cnccn4)ncc32)CC1=O. The van der Waals surface area contributed by atoms with Crippen LogP contribution in [0.5, 0.6) is 0 Å². The number of carbonyl (C=O) groups excluding carboxylic acids is 2. The van der Waals surface area contributed by atoms with Crippen LogP contribution in [-0.4, -0.2) is 49.7 Å². The van der Waals surface area contributed by atoms with Crippen molar-refractivity contribution in [3.05, 3.63) is 36.0 Å². The predicted molar refractivity (Wildman–Crippen MR) is 106 cm³/mol. The predicted octanol–water partition coefficient (Wildman–Crippen LogP) is 1.93. The lowest BCUT2D eigenvalue weighted by molar-refractivity contribution is -0.129. The van der Waals surface area contributed by atoms with E-state index in [2.05, 4.69) is 34.1 Å². The third-order valence-electron chi connectivity index (χ3n) is 5.75. The average molecular weight is 394 g/mol. The van der Waals surface area contributed by atoms with Gasteiger partial charge in [-0.2, -0.15) is 0 Å². The van der Waals surface area contributed by atoms with Gasteiger partial charge in [0.05, 0.1) is 23.9 Å². The van der Waals surface area contributed by atoms with Crippen LogP contribution >= 0.6 is 0 Å². The zero-order valence-electron chi connectivity index (χ0n) is 17.1. The minimum Gasteiger partial charge on any atom is -0.349 e. The van der Waals surface area contributed by atoms with E-state index in [0.29, 0.717) is 24.6 Å². The first-order valence-corrected chi connectivity index (χ1v) is 10.1. The molecule has 1 aliphatic carbocycles. The van der Waals surface area contributed by atoms with Crippen LogP contribution in [0.4, 0.5) is 0 Å². The van der Waals surface area contributed by atoms with Crippen molar-refractivity contribution < 1.29 is 9.59 Å². The molecule has 2 aliphatic rings. The highest BCUT2D eigenvalue weighted by atomic mass is 16.2. The molecule has 0 unspecified atom stereocenters. The lowest BCUT2D eigenvalue weighted by atomic mass is 9.74. The van der Waals surface area contributed by atoms with Gasteiger partial charge in [0.1, 0.15) is 5.69 Å². The highest BCUT2D eigenvalue weighted by Crippen LogP contribution is 2.40. The van der Waals surface area contributed by atoms with E-state index in [1.165, 1.54) is 0 Å². The molecule has 1 aliphatic heterocycles. The maximum Gasteiger partial charge on any atom is 0.225 e. The Labute approximate surface area is 170 Å². The van der Waals surface area contributed by atoms with Crippen molar-refractivity contribution in [2.75, 3.05) is 13.1 Å². The van der Waals surface area contributed by atoms with Gasteiger partial charge < -0.3 is 10.2 Å². The molecular weight excluding hydrogens is 368 g/mol. The van der Waals surface area contributed by atoms with Gasteiger partial charge in [0.2, 0.25) is 11.8 Å². The first-order chi connectivity index (χ1) is 13.9. The van der Waals surface area contributed by atoms with E-state index in [4.69, 9.17) is 4.98 Å². The van der Waals surface area contributed by atoms with Gasteiger partial charge in [0.25, 0.3) is 0 Å². The van der Waals surface area contributed by atoms with E-state index in [1.807, 2.05) is 6.92 Å². The molecule has 1 fully saturated rings. The largest absolute Gasteiger partial charge is 0.349 e. The third kappa shape index (κ3) is 3.97. The fourth-order valence-corrected chi connectivity index (χ4v) is 4.26. The Morgan fingerprint density at radius 1 is 1.28 bits per heavy atom. The summed E-state index contributed by atoms with van der Waals surface area (Å²) >= 11 is 0. The first-order valence-electron chi connectivity index (χ1n) is 10.1. The van der Waals surface area contributed by atoms with Gasteiger partial charge in [0, 0.05) is 43.7 Å². The van der Waals surface area contributed by atoms with Gasteiger partial charge in [-0.1, -0.05) is 13.8 Å². The summed E-state index contributed by atoms with van der Waals surface area (Å²) in [5, 5.41) is 3.17. The lowest BCUT2D eigenvalue weighted by Gasteiger charge is -2.36. The molecule has 2 aromatic heterocycles. The molecule has 29 heavy (non-hydrogen) atoms. The summed E-state index contributed by atoms with van der Waals surface area (Å²) in [7, 11) is 0. The Bertz CT molecular complexity index is 930. The second-order valence-corrected chi connectivity index (χ2v) is 8.63. The standard InChI is InChI=1S/C21H26N6O2/c1-4-27-12-13(7-18(27)28)20(29)26-16-9-21(2,3)8-15-14(16)10-24-19(25-15)17-11-22-5-6-23-17/h5-6,10-11,13,16H,4,7-9,12H2,1-3H3,(H,26,29)/t13-,16-/m1/s1. The minimum absolute atomic E-state index is 0.0140. The van der Waals surface area contributed by atoms with Crippen molar-refractivity contribution in [1.29, 1.82) is 0 Å². The normalized spacial score (nSPS) is 23.0. The number of nitrogens with zero attached hydrogens (tertiary/aromatic N) is 5. The van der Waals surface area contributed by atoms with E-state index >= 15 is 0 Å². The Morgan fingerprint density at radius 3 is 2.79 bits per heavy atom. The van der Waals surface area contributed by atoms with Crippen LogP contribution in [-0.2, 0) is 16.0 Å². The van der Waals surface area contributed by atoms with E-state index < -0.39 is 0 Å². The number of likely N-dealkylation sites (tertiary alicyclic amines) is 1. The minimum atomic E-state index is -0.296. The van der Waals surface area contributed by atoms with E-state index in [-0.39, 0.29) is 35.6 Å². The molecule has 2 aromatic rings. The number of hydrogen-bond donors (Lipinski definition) is 1. The Kier molecular flexibility index (Phi) is 5.02. The Morgan fingerprint density at radius 2 is 2.10 bits per heavy atom. The van der Waals surface area contributed by atoms with Crippen LogP contribution in [0.2, 0.25) is 0 Å². The molecule has 2 atom stereocenters. The maximum absolute atomic E-state index is 12.9. The maximum atomic E-state index is 12.9. The fourth-order valence-electron chi connectivity index (χ4n) is 4.26.